The molecular weight excluding hydrogens is 393 g/mol. The van der Waals surface area contributed by atoms with Crippen LogP contribution in [0.1, 0.15) is 124 Å². The molecule has 0 spiro atoms. The van der Waals surface area contributed by atoms with Crippen LogP contribution in [0.2, 0.25) is 0 Å². The van der Waals surface area contributed by atoms with E-state index >= 15 is 0 Å². The number of nitrogens with two attached hydrogens (primary N) is 1. The normalized spacial score (nSPS) is 11.5. The van der Waals surface area contributed by atoms with Crippen molar-refractivity contribution < 1.29 is 55.2 Å². The number of ether oxygens (including phenoxy) is 1. The second kappa shape index (κ2) is 23.2. The Balaban J connectivity index is -0.00000392. The van der Waals surface area contributed by atoms with Gasteiger partial charge in [0.25, 0.3) is 0 Å². The van der Waals surface area contributed by atoms with E-state index in [1.807, 2.05) is 0 Å². The standard InChI is InChI=1S/C23H43NO5.Na.H/c1-2-3-4-5-6-7-8-9-10-11-12-13-14-15-16-17-22(27)29-23(28)20(24)18-19-21(25)26;;/h20H,2-19,24H2,1H3,(H,25,26);;/q;+1;-1. The third-order valence-electron chi connectivity index (χ3n) is 5.17. The Bertz CT molecular complexity index is 452. The summed E-state index contributed by atoms with van der Waals surface area (Å²) in [5.74, 6) is -2.44. The van der Waals surface area contributed by atoms with Gasteiger partial charge in [-0.25, -0.2) is 4.79 Å². The molecule has 0 saturated carbocycles. The maximum Gasteiger partial charge on any atom is 1.00 e. The van der Waals surface area contributed by atoms with E-state index in [0.717, 1.165) is 12.8 Å². The first kappa shape index (κ1) is 31.8. The molecule has 0 bridgehead atoms. The van der Waals surface area contributed by atoms with Crippen molar-refractivity contribution >= 4 is 17.9 Å². The Morgan fingerprint density at radius 1 is 0.767 bits per heavy atom. The average Bonchev–Trinajstić information content (AvgIpc) is 2.68. The third-order valence-corrected chi connectivity index (χ3v) is 5.17. The molecule has 0 heterocycles. The monoisotopic (exact) mass is 437 g/mol. The van der Waals surface area contributed by atoms with Crippen molar-refractivity contribution in [3.05, 3.63) is 0 Å². The van der Waals surface area contributed by atoms with E-state index in [2.05, 4.69) is 11.7 Å². The summed E-state index contributed by atoms with van der Waals surface area (Å²) < 4.78 is 4.67. The van der Waals surface area contributed by atoms with E-state index in [9.17, 15) is 14.4 Å². The molecule has 1 unspecified atom stereocenters. The molecule has 0 aliphatic heterocycles. The van der Waals surface area contributed by atoms with Gasteiger partial charge in [0.05, 0.1) is 0 Å². The molecular formula is C23H44NNaO5. The SMILES string of the molecule is CCCCCCCCCCCCCCCCCC(=O)OC(=O)C(N)CCC(=O)O.[H-].[Na+]. The quantitative estimate of drug-likeness (QED) is 0.131. The minimum absolute atomic E-state index is 0. The molecule has 0 aromatic heterocycles. The Morgan fingerprint density at radius 3 is 1.57 bits per heavy atom. The van der Waals surface area contributed by atoms with Crippen LogP contribution in [0.5, 0.6) is 0 Å². The Kier molecular flexibility index (Phi) is 24.6. The Hall–Kier alpha value is -0.430. The molecule has 0 saturated heterocycles. The van der Waals surface area contributed by atoms with E-state index in [0.29, 0.717) is 6.42 Å². The van der Waals surface area contributed by atoms with Gasteiger partial charge in [0.15, 0.2) is 0 Å². The minimum atomic E-state index is -1.06. The van der Waals surface area contributed by atoms with Crippen molar-refractivity contribution in [1.82, 2.24) is 0 Å². The van der Waals surface area contributed by atoms with Crippen LogP contribution in [0.4, 0.5) is 0 Å². The van der Waals surface area contributed by atoms with Gasteiger partial charge in [0.2, 0.25) is 0 Å². The number of hydrogen-bond donors (Lipinski definition) is 2. The summed E-state index contributed by atoms with van der Waals surface area (Å²) in [5.41, 5.74) is 5.51. The predicted octanol–water partition coefficient (Wildman–Crippen LogP) is 2.63. The molecule has 0 aliphatic carbocycles. The van der Waals surface area contributed by atoms with Crippen LogP contribution < -0.4 is 35.3 Å². The average molecular weight is 438 g/mol. The van der Waals surface area contributed by atoms with Gasteiger partial charge in [-0.15, -0.1) is 0 Å². The molecule has 30 heavy (non-hydrogen) atoms. The van der Waals surface area contributed by atoms with Crippen LogP contribution in [0.15, 0.2) is 0 Å². The van der Waals surface area contributed by atoms with Crippen molar-refractivity contribution in [3.63, 3.8) is 0 Å². The molecule has 6 nitrogen and oxygen atoms in total. The van der Waals surface area contributed by atoms with Gasteiger partial charge in [-0.05, 0) is 12.8 Å². The van der Waals surface area contributed by atoms with E-state index in [4.69, 9.17) is 10.8 Å². The summed E-state index contributed by atoms with van der Waals surface area (Å²) >= 11 is 0. The van der Waals surface area contributed by atoms with E-state index in [-0.39, 0.29) is 50.2 Å². The number of hydrogen-bond acceptors (Lipinski definition) is 5. The van der Waals surface area contributed by atoms with E-state index < -0.39 is 23.9 Å². The topological polar surface area (TPSA) is 107 Å². The van der Waals surface area contributed by atoms with Crippen LogP contribution in [-0.4, -0.2) is 29.1 Å². The fourth-order valence-electron chi connectivity index (χ4n) is 3.28. The number of carboxylic acids is 1. The van der Waals surface area contributed by atoms with Crippen molar-refractivity contribution in [2.45, 2.75) is 129 Å². The van der Waals surface area contributed by atoms with Gasteiger partial charge in [-0.1, -0.05) is 96.8 Å². The van der Waals surface area contributed by atoms with E-state index in [1.54, 1.807) is 0 Å². The fourth-order valence-corrected chi connectivity index (χ4v) is 3.28. The molecule has 0 aromatic carbocycles. The molecule has 3 N–H and O–H groups in total. The minimum Gasteiger partial charge on any atom is -1.00 e. The van der Waals surface area contributed by atoms with Crippen LogP contribution >= 0.6 is 0 Å². The molecule has 0 amide bonds. The summed E-state index contributed by atoms with van der Waals surface area (Å²) in [5, 5.41) is 8.55. The number of carbonyl (C=O) groups is 3. The number of unbranched alkanes of at least 4 members (excludes halogenated alkanes) is 14. The van der Waals surface area contributed by atoms with Gasteiger partial charge < -0.3 is 17.0 Å². The summed E-state index contributed by atoms with van der Waals surface area (Å²) in [6.07, 6.45) is 18.7. The van der Waals surface area contributed by atoms with Gasteiger partial charge in [-0.3, -0.25) is 9.59 Å². The summed E-state index contributed by atoms with van der Waals surface area (Å²) in [6, 6.07) is -1.06. The number of esters is 2. The summed E-state index contributed by atoms with van der Waals surface area (Å²) in [4.78, 5) is 33.6. The van der Waals surface area contributed by atoms with Gasteiger partial charge in [0.1, 0.15) is 6.04 Å². The molecule has 0 aromatic rings. The van der Waals surface area contributed by atoms with Crippen LogP contribution in [0, 0.1) is 0 Å². The summed E-state index contributed by atoms with van der Waals surface area (Å²) in [6.45, 7) is 2.25. The second-order valence-electron chi connectivity index (χ2n) is 8.03. The van der Waals surface area contributed by atoms with Gasteiger partial charge in [-0.2, -0.15) is 0 Å². The molecule has 0 aliphatic rings. The number of carbonyl (C=O) groups excluding carboxylic acids is 2. The van der Waals surface area contributed by atoms with Crippen LogP contribution in [0.3, 0.4) is 0 Å². The number of rotatable bonds is 20. The molecule has 7 heteroatoms. The van der Waals surface area contributed by atoms with Crippen molar-refractivity contribution in [3.8, 4) is 0 Å². The molecule has 1 atom stereocenters. The first-order valence-corrected chi connectivity index (χ1v) is 11.7. The zero-order valence-corrected chi connectivity index (χ0v) is 21.5. The maximum absolute atomic E-state index is 11.6. The second-order valence-corrected chi connectivity index (χ2v) is 8.03. The smallest absolute Gasteiger partial charge is 1.00 e. The first-order chi connectivity index (χ1) is 14.0. The van der Waals surface area contributed by atoms with Gasteiger partial charge in [0, 0.05) is 12.8 Å². The van der Waals surface area contributed by atoms with Crippen molar-refractivity contribution in [1.29, 1.82) is 0 Å². The maximum atomic E-state index is 11.6. The Morgan fingerprint density at radius 2 is 1.17 bits per heavy atom. The van der Waals surface area contributed by atoms with E-state index in [1.165, 1.54) is 77.0 Å². The molecule has 172 valence electrons. The fraction of sp³-hybridized carbons (Fsp3) is 0.870. The first-order valence-electron chi connectivity index (χ1n) is 11.7. The van der Waals surface area contributed by atoms with Gasteiger partial charge >= 0.3 is 47.5 Å². The number of carboxylic acid groups (broad SMARTS) is 1. The van der Waals surface area contributed by atoms with Crippen molar-refractivity contribution in [2.24, 2.45) is 5.73 Å². The zero-order valence-electron chi connectivity index (χ0n) is 20.5. The largest absolute Gasteiger partial charge is 1.00 e. The van der Waals surface area contributed by atoms with Crippen molar-refractivity contribution in [2.75, 3.05) is 0 Å². The summed E-state index contributed by atoms with van der Waals surface area (Å²) in [7, 11) is 0. The molecule has 0 radical (unpaired) electrons. The third kappa shape index (κ3) is 22.3. The zero-order chi connectivity index (χ0) is 21.7. The molecule has 0 rings (SSSR count). The van der Waals surface area contributed by atoms with Crippen LogP contribution in [-0.2, 0) is 19.1 Å². The van der Waals surface area contributed by atoms with Crippen LogP contribution in [0.25, 0.3) is 0 Å². The predicted molar refractivity (Wildman–Crippen MR) is 117 cm³/mol. The molecule has 0 fully saturated rings. The number of aliphatic carboxylic acids is 1. The Labute approximate surface area is 206 Å².